The van der Waals surface area contributed by atoms with Gasteiger partial charge in [-0.15, -0.1) is 0 Å². The molecule has 50 atom stereocenters. The third kappa shape index (κ3) is 26.4. The summed E-state index contributed by atoms with van der Waals surface area (Å²) in [6.45, 7) is -0.227. The average Bonchev–Trinajstić information content (AvgIpc) is 0.759. The van der Waals surface area contributed by atoms with Gasteiger partial charge in [-0.05, 0) is 12.0 Å². The van der Waals surface area contributed by atoms with E-state index in [-0.39, 0.29) is 64.6 Å². The van der Waals surface area contributed by atoms with Crippen molar-refractivity contribution in [2.24, 2.45) is 11.8 Å². The number of carboxylic acid groups (broad SMARTS) is 1. The number of rotatable bonds is 34. The number of hydrogen-bond acceptors (Lipinski definition) is 53. The fraction of sp³-hybridized carbons (Fsp3) is 0.889. The molecule has 10 rings (SSSR count). The Kier molecular flexibility index (Phi) is 44.8. The largest absolute Gasteiger partial charge is 1.00 e. The SMILES string of the molecule is CO[C@@H]1OC(CO)[C@@H](O)[C@H](OC2OC(C(=O)NOCC3O[C@H](O[C@H]4OC(CONC(=O)C5O[C@@H](O[C@@H]6C(NC(C)=O)[C@H](OC)OC(CO)[C@H]6O)C(O)[C@@H](O)[C@@H]5O[C@@H]5OC(CO)[C@@H](O)[C@H](O[C@@H]6OC(C(=O)[O-])[C@@H](C)[C@H](O)C6O)C5NC(C)=O)[C@@H](O)[C@H](O)C4O)C(O)[C@@H](O)[C@@H]3O)[C@@H](O[C@@H]3OC(CO)[C@@H](O)[C@H](O[C@@H]4OC([C-]=O)[C@@H](C)[C@H](O)C4O)C3NC(C)=O)[C@H](O)[C@@H]2O)C1NC(C)=O.[Na+].[Na+].[OH-]. The van der Waals surface area contributed by atoms with Crippen LogP contribution in [0, 0.1) is 11.8 Å². The van der Waals surface area contributed by atoms with Crippen molar-refractivity contribution in [1.29, 1.82) is 0 Å². The van der Waals surface area contributed by atoms with Crippen molar-refractivity contribution in [3.8, 4) is 0 Å². The number of aliphatic hydroxyl groups excluding tert-OH is 22. The van der Waals surface area contributed by atoms with E-state index in [9.17, 15) is 156 Å². The van der Waals surface area contributed by atoms with Crippen molar-refractivity contribution in [1.82, 2.24) is 32.2 Å². The van der Waals surface area contributed by atoms with Crippen molar-refractivity contribution < 1.29 is 320 Å². The number of nitrogens with one attached hydrogen (secondary N) is 6. The molecule has 754 valence electrons. The Morgan fingerprint density at radius 1 is 0.308 bits per heavy atom. The van der Waals surface area contributed by atoms with Gasteiger partial charge in [0.25, 0.3) is 11.8 Å². The minimum absolute atomic E-state index is 0. The maximum absolute atomic E-state index is 14.8. The van der Waals surface area contributed by atoms with E-state index >= 15 is 0 Å². The molecule has 0 bridgehead atoms. The van der Waals surface area contributed by atoms with Gasteiger partial charge in [-0.2, -0.15) is 0 Å². The summed E-state index contributed by atoms with van der Waals surface area (Å²) in [5.74, 6) is -11.2. The van der Waals surface area contributed by atoms with Crippen molar-refractivity contribution in [2.45, 2.75) is 336 Å². The number of carbonyl (C=O) groups excluding carboxylic acids is 8. The Hall–Kier alpha value is -3.80. The second-order valence-electron chi connectivity index (χ2n) is 32.3. The normalized spacial score (nSPS) is 46.1. The van der Waals surface area contributed by atoms with E-state index in [1.165, 1.54) is 20.1 Å². The number of aliphatic carboxylic acids is 1. The van der Waals surface area contributed by atoms with Crippen LogP contribution in [0.15, 0.2) is 0 Å². The van der Waals surface area contributed by atoms with E-state index in [0.29, 0.717) is 0 Å². The number of hydroxylamine groups is 2. The van der Waals surface area contributed by atoms with Crippen LogP contribution in [0.2, 0.25) is 0 Å². The van der Waals surface area contributed by atoms with E-state index in [0.717, 1.165) is 41.9 Å². The van der Waals surface area contributed by atoms with Gasteiger partial charge in [0.2, 0.25) is 23.6 Å². The molecule has 0 radical (unpaired) electrons. The van der Waals surface area contributed by atoms with Crippen LogP contribution in [0.4, 0.5) is 0 Å². The summed E-state index contributed by atoms with van der Waals surface area (Å²) in [6, 6.07) is -7.08. The van der Waals surface area contributed by atoms with Gasteiger partial charge in [-0.25, -0.2) is 17.2 Å². The Balaban J connectivity index is 0.00000805. The monoisotopic (exact) mass is 1960 g/mol. The predicted octanol–water partition coefficient (Wildman–Crippen LogP) is -27.6. The average molecular weight is 1960 g/mol. The summed E-state index contributed by atoms with van der Waals surface area (Å²) >= 11 is 0. The van der Waals surface area contributed by atoms with Crippen molar-refractivity contribution in [3.05, 3.63) is 0 Å². The molecular formula is C72H115N6Na2O53-. The zero-order chi connectivity index (χ0) is 96.0. The number of methoxy groups -OCH3 is 2. The number of carboxylic acids is 1. The van der Waals surface area contributed by atoms with Crippen LogP contribution in [0.1, 0.15) is 41.5 Å². The van der Waals surface area contributed by atoms with Crippen molar-refractivity contribution >= 4 is 47.7 Å². The summed E-state index contributed by atoms with van der Waals surface area (Å²) in [7, 11) is 2.17. The molecule has 29 N–H and O–H groups in total. The number of hydrogen-bond donors (Lipinski definition) is 28. The second-order valence-corrected chi connectivity index (χ2v) is 32.3. The molecule has 10 saturated heterocycles. The van der Waals surface area contributed by atoms with Gasteiger partial charge >= 0.3 is 59.1 Å². The minimum atomic E-state index is -2.57. The Morgan fingerprint density at radius 3 is 0.857 bits per heavy atom. The summed E-state index contributed by atoms with van der Waals surface area (Å²) in [6.07, 6.45) is -92.2. The second kappa shape index (κ2) is 51.2. The molecule has 0 aliphatic carbocycles. The first kappa shape index (κ1) is 116. The van der Waals surface area contributed by atoms with Gasteiger partial charge in [0.15, 0.2) is 75.1 Å². The first-order chi connectivity index (χ1) is 61.4. The van der Waals surface area contributed by atoms with Crippen molar-refractivity contribution in [2.75, 3.05) is 53.9 Å². The fourth-order valence-electron chi connectivity index (χ4n) is 16.3. The number of ether oxygens (including phenoxy) is 19. The molecule has 10 aliphatic rings. The molecule has 0 aromatic rings. The molecule has 61 heteroatoms. The summed E-state index contributed by atoms with van der Waals surface area (Å²) in [5, 5.41) is 269. The summed E-state index contributed by atoms with van der Waals surface area (Å²) in [4.78, 5) is 116. The molecule has 20 unspecified atom stereocenters. The molecule has 0 aromatic carbocycles. The molecule has 0 saturated carbocycles. The molecular weight excluding hydrogens is 1840 g/mol. The topological polar surface area (TPSA) is 901 Å². The molecule has 10 heterocycles. The van der Waals surface area contributed by atoms with Crippen LogP contribution in [-0.4, -0.2) is 514 Å². The molecule has 59 nitrogen and oxygen atoms in total. The van der Waals surface area contributed by atoms with Gasteiger partial charge in [0.05, 0.1) is 44.6 Å². The van der Waals surface area contributed by atoms with Gasteiger partial charge in [-0.1, -0.05) is 13.8 Å². The maximum Gasteiger partial charge on any atom is 1.00 e. The van der Waals surface area contributed by atoms with E-state index in [4.69, 9.17) is 99.7 Å². The third-order valence-corrected chi connectivity index (χ3v) is 23.4. The number of aliphatic hydroxyl groups is 22. The van der Waals surface area contributed by atoms with E-state index in [1.54, 1.807) is 0 Å². The smallest absolute Gasteiger partial charge is 0.870 e. The van der Waals surface area contributed by atoms with Gasteiger partial charge in [0, 0.05) is 47.8 Å². The zero-order valence-electron chi connectivity index (χ0n) is 72.6. The third-order valence-electron chi connectivity index (χ3n) is 23.4. The quantitative estimate of drug-likeness (QED) is 0.0162. The van der Waals surface area contributed by atoms with E-state index < -0.39 is 387 Å². The number of carbonyl (C=O) groups is 7. The molecule has 133 heavy (non-hydrogen) atoms. The molecule has 10 aliphatic heterocycles. The van der Waals surface area contributed by atoms with E-state index in [1.807, 2.05) is 11.0 Å². The molecule has 0 spiro atoms. The van der Waals surface area contributed by atoms with Crippen LogP contribution in [0.25, 0.3) is 0 Å². The molecule has 10 fully saturated rings. The van der Waals surface area contributed by atoms with Crippen LogP contribution in [0.3, 0.4) is 0 Å². The zero-order valence-corrected chi connectivity index (χ0v) is 76.6. The van der Waals surface area contributed by atoms with Gasteiger partial charge < -0.3 is 244 Å². The minimum Gasteiger partial charge on any atom is -0.870 e. The Bertz CT molecular complexity index is 3700. The van der Waals surface area contributed by atoms with Gasteiger partial charge in [0.1, 0.15) is 214 Å². The standard InChI is InChI=1S/C72H115N6O52.2Na.H2O/c1-16-22(9-79)114-67(45(100)33(16)88)122-54-31(75-20(5)86)65(117-25(12-82)39(54)94)126-56-43(98)49(104)71(123-52-29(73-18(3)84)63(110-7)115-23(10-80)37(52)92)128-58(56)60(106)77-112-14-27-35(90)41(96)47(102)68(119-27)130-69-48(103)42(97)36(91)28(120-69)15-113-78-61(107)59-57(44(99)50(105)72(129-59)124-53-30(74-19(4)85)64(111-8)116-24(11-81)38(53)93)127-66-32(76-21(6)87)55(40(95)26(13-83)118-66)125-70-46(101)34(89)17(2)51(121-70)62(108)109;;;/h16-17,22-59,63-72,80-83,88-105H,10-15H2,1-8H3,(H,73,84)(H,74,85)(H,75,86)(H,76,87)(H,77,106)(H,78,107)(H,108,109);;;1H2/q-1;2*+1;/p-2/t16-,17+,22?,23?,24?,25?,26?,27?,28?,29?,30?,31?,32?,33+,34+,35-,36-,37-,38-,39-,40-,41+,42+,43-,44-,45?,46?,47?,48?,49+,50?,51?,52-,53-,54-,55-,56+,57+,58?,59?,63-,64-,65+,66+,67+,68-,69-,70+,71?,72-;;;/m1.../s1. The molecule has 0 aromatic heterocycles. The Morgan fingerprint density at radius 2 is 0.564 bits per heavy atom. The van der Waals surface area contributed by atoms with Crippen LogP contribution in [0.5, 0.6) is 0 Å². The number of amides is 6. The van der Waals surface area contributed by atoms with Crippen LogP contribution >= 0.6 is 0 Å². The van der Waals surface area contributed by atoms with Crippen molar-refractivity contribution in [3.63, 3.8) is 0 Å². The van der Waals surface area contributed by atoms with E-state index in [2.05, 4.69) is 21.3 Å². The summed E-state index contributed by atoms with van der Waals surface area (Å²) in [5.41, 5.74) is 3.74. The fourth-order valence-corrected chi connectivity index (χ4v) is 16.3. The van der Waals surface area contributed by atoms with Crippen LogP contribution in [-0.2, 0) is 138 Å². The van der Waals surface area contributed by atoms with Gasteiger partial charge in [-0.3, -0.25) is 38.4 Å². The predicted molar refractivity (Wildman–Crippen MR) is 397 cm³/mol. The van der Waals surface area contributed by atoms with Crippen LogP contribution < -0.4 is 96.4 Å². The first-order valence-corrected chi connectivity index (χ1v) is 40.8. The Labute approximate surface area is 797 Å². The maximum atomic E-state index is 14.8. The molecule has 6 amide bonds. The summed E-state index contributed by atoms with van der Waals surface area (Å²) < 4.78 is 109. The first-order valence-electron chi connectivity index (χ1n) is 40.8.